The van der Waals surface area contributed by atoms with E-state index in [0.29, 0.717) is 19.4 Å². The van der Waals surface area contributed by atoms with Crippen molar-refractivity contribution in [3.63, 3.8) is 0 Å². The minimum atomic E-state index is -0.269. The first-order valence-corrected chi connectivity index (χ1v) is 7.44. The number of hydrogen-bond donors (Lipinski definition) is 0. The Morgan fingerprint density at radius 2 is 2.05 bits per heavy atom. The molecule has 1 aromatic rings. The number of ether oxygens (including phenoxy) is 2. The van der Waals surface area contributed by atoms with Crippen molar-refractivity contribution in [1.82, 2.24) is 0 Å². The van der Waals surface area contributed by atoms with Gasteiger partial charge in [-0.05, 0) is 24.8 Å². The van der Waals surface area contributed by atoms with Gasteiger partial charge in [-0.15, -0.1) is 0 Å². The summed E-state index contributed by atoms with van der Waals surface area (Å²) >= 11 is 0. The standard InChI is InChI=1S/C17H22O4/c1-20-17(19)10-8-14-12-21-15(11-16(14)18)9-7-13-5-3-2-4-6-13/h2-6,14-15H,7-12H2,1H3/t14-,15-/m1/s1. The Hall–Kier alpha value is -1.68. The number of methoxy groups -OCH3 is 1. The van der Waals surface area contributed by atoms with Gasteiger partial charge in [0.1, 0.15) is 5.78 Å². The number of aryl methyl sites for hydroxylation is 1. The molecule has 21 heavy (non-hydrogen) atoms. The van der Waals surface area contributed by atoms with E-state index < -0.39 is 0 Å². The van der Waals surface area contributed by atoms with Crippen LogP contribution in [0.25, 0.3) is 0 Å². The number of Topliss-reactive ketones (excluding diaryl/α,β-unsaturated/α-hetero) is 1. The van der Waals surface area contributed by atoms with Gasteiger partial charge in [-0.3, -0.25) is 9.59 Å². The lowest BCUT2D eigenvalue weighted by Crippen LogP contribution is -2.34. The predicted octanol–water partition coefficient (Wildman–Crippen LogP) is 2.55. The van der Waals surface area contributed by atoms with Crippen LogP contribution in [-0.2, 0) is 25.5 Å². The summed E-state index contributed by atoms with van der Waals surface area (Å²) in [4.78, 5) is 23.2. The Balaban J connectivity index is 1.73. The molecule has 1 aliphatic rings. The molecule has 1 saturated heterocycles. The molecule has 0 unspecified atom stereocenters. The van der Waals surface area contributed by atoms with E-state index in [1.165, 1.54) is 12.7 Å². The predicted molar refractivity (Wildman–Crippen MR) is 78.9 cm³/mol. The molecule has 2 rings (SSSR count). The number of benzene rings is 1. The zero-order chi connectivity index (χ0) is 15.1. The van der Waals surface area contributed by atoms with Gasteiger partial charge in [0.15, 0.2) is 0 Å². The highest BCUT2D eigenvalue weighted by molar-refractivity contribution is 5.82. The lowest BCUT2D eigenvalue weighted by Gasteiger charge is -2.28. The Labute approximate surface area is 125 Å². The molecule has 0 bridgehead atoms. The fourth-order valence-electron chi connectivity index (χ4n) is 2.59. The third-order valence-corrected chi connectivity index (χ3v) is 3.94. The first kappa shape index (κ1) is 15.7. The number of rotatable bonds is 6. The molecular weight excluding hydrogens is 268 g/mol. The van der Waals surface area contributed by atoms with Crippen LogP contribution in [0.5, 0.6) is 0 Å². The normalized spacial score (nSPS) is 22.0. The monoisotopic (exact) mass is 290 g/mol. The Morgan fingerprint density at radius 3 is 2.71 bits per heavy atom. The molecule has 1 aromatic carbocycles. The first-order chi connectivity index (χ1) is 10.2. The average Bonchev–Trinajstić information content (AvgIpc) is 2.52. The van der Waals surface area contributed by atoms with Crippen LogP contribution in [0, 0.1) is 5.92 Å². The summed E-state index contributed by atoms with van der Waals surface area (Å²) in [5.74, 6) is -0.214. The topological polar surface area (TPSA) is 52.6 Å². The van der Waals surface area contributed by atoms with Gasteiger partial charge in [0.05, 0.1) is 19.8 Å². The van der Waals surface area contributed by atoms with Crippen LogP contribution in [0.4, 0.5) is 0 Å². The first-order valence-electron chi connectivity index (χ1n) is 7.44. The van der Waals surface area contributed by atoms with E-state index in [0.717, 1.165) is 12.8 Å². The van der Waals surface area contributed by atoms with Gasteiger partial charge in [-0.25, -0.2) is 0 Å². The zero-order valence-corrected chi connectivity index (χ0v) is 12.4. The molecule has 0 aliphatic carbocycles. The van der Waals surface area contributed by atoms with E-state index >= 15 is 0 Å². The summed E-state index contributed by atoms with van der Waals surface area (Å²) in [5.41, 5.74) is 1.27. The smallest absolute Gasteiger partial charge is 0.305 e. The molecule has 1 heterocycles. The van der Waals surface area contributed by atoms with Crippen molar-refractivity contribution in [1.29, 1.82) is 0 Å². The van der Waals surface area contributed by atoms with Gasteiger partial charge in [0, 0.05) is 18.8 Å². The second-order valence-electron chi connectivity index (χ2n) is 5.46. The summed E-state index contributed by atoms with van der Waals surface area (Å²) < 4.78 is 10.4. The number of hydrogen-bond acceptors (Lipinski definition) is 4. The molecule has 0 N–H and O–H groups in total. The summed E-state index contributed by atoms with van der Waals surface area (Å²) in [6.07, 6.45) is 3.05. The maximum Gasteiger partial charge on any atom is 0.305 e. The van der Waals surface area contributed by atoms with Gasteiger partial charge in [-0.2, -0.15) is 0 Å². The van der Waals surface area contributed by atoms with Crippen molar-refractivity contribution in [2.24, 2.45) is 5.92 Å². The van der Waals surface area contributed by atoms with Crippen LogP contribution in [0.1, 0.15) is 31.2 Å². The van der Waals surface area contributed by atoms with Gasteiger partial charge in [0.2, 0.25) is 0 Å². The number of ketones is 1. The molecule has 1 fully saturated rings. The van der Waals surface area contributed by atoms with E-state index in [1.807, 2.05) is 18.2 Å². The van der Waals surface area contributed by atoms with Crippen molar-refractivity contribution in [3.8, 4) is 0 Å². The second-order valence-corrected chi connectivity index (χ2v) is 5.46. The Bertz CT molecular complexity index is 469. The fraction of sp³-hybridized carbons (Fsp3) is 0.529. The Kier molecular flexibility index (Phi) is 5.93. The highest BCUT2D eigenvalue weighted by Crippen LogP contribution is 2.22. The van der Waals surface area contributed by atoms with Crippen LogP contribution in [-0.4, -0.2) is 31.6 Å². The molecule has 1 aliphatic heterocycles. The minimum Gasteiger partial charge on any atom is -0.469 e. The highest BCUT2D eigenvalue weighted by atomic mass is 16.5. The molecule has 0 spiro atoms. The van der Waals surface area contributed by atoms with Gasteiger partial charge < -0.3 is 9.47 Å². The maximum atomic E-state index is 12.1. The van der Waals surface area contributed by atoms with Crippen molar-refractivity contribution in [2.75, 3.05) is 13.7 Å². The molecule has 0 aromatic heterocycles. The summed E-state index contributed by atoms with van der Waals surface area (Å²) in [6.45, 7) is 0.426. The number of carbonyl (C=O) groups excluding carboxylic acids is 2. The van der Waals surface area contributed by atoms with Crippen LogP contribution in [0.2, 0.25) is 0 Å². The van der Waals surface area contributed by atoms with Crippen LogP contribution in [0.3, 0.4) is 0 Å². The van der Waals surface area contributed by atoms with E-state index in [4.69, 9.17) is 4.74 Å². The SMILES string of the molecule is COC(=O)CC[C@@H]1CO[C@H](CCc2ccccc2)CC1=O. The molecule has 4 heteroatoms. The maximum absolute atomic E-state index is 12.1. The lowest BCUT2D eigenvalue weighted by molar-refractivity contribution is -0.142. The van der Waals surface area contributed by atoms with Gasteiger partial charge in [-0.1, -0.05) is 30.3 Å². The molecule has 0 radical (unpaired) electrons. The third kappa shape index (κ3) is 4.97. The zero-order valence-electron chi connectivity index (χ0n) is 12.4. The minimum absolute atomic E-state index is 0.00656. The summed E-state index contributed by atoms with van der Waals surface area (Å²) in [7, 11) is 1.36. The molecule has 4 nitrogen and oxygen atoms in total. The van der Waals surface area contributed by atoms with Crippen molar-refractivity contribution < 1.29 is 19.1 Å². The van der Waals surface area contributed by atoms with Gasteiger partial charge >= 0.3 is 5.97 Å². The van der Waals surface area contributed by atoms with Crippen molar-refractivity contribution in [3.05, 3.63) is 35.9 Å². The van der Waals surface area contributed by atoms with Crippen molar-refractivity contribution in [2.45, 2.75) is 38.2 Å². The lowest BCUT2D eigenvalue weighted by atomic mass is 9.91. The van der Waals surface area contributed by atoms with Crippen LogP contribution in [0.15, 0.2) is 30.3 Å². The Morgan fingerprint density at radius 1 is 1.29 bits per heavy atom. The molecule has 0 amide bonds. The highest BCUT2D eigenvalue weighted by Gasteiger charge is 2.29. The third-order valence-electron chi connectivity index (χ3n) is 3.94. The summed E-state index contributed by atoms with van der Waals surface area (Å²) in [5, 5.41) is 0. The van der Waals surface area contributed by atoms with E-state index in [2.05, 4.69) is 16.9 Å². The number of carbonyl (C=O) groups is 2. The molecule has 2 atom stereocenters. The second kappa shape index (κ2) is 7.93. The molecule has 0 saturated carbocycles. The molecular formula is C17H22O4. The summed E-state index contributed by atoms with van der Waals surface area (Å²) in [6, 6.07) is 10.2. The van der Waals surface area contributed by atoms with E-state index in [9.17, 15) is 9.59 Å². The fourth-order valence-corrected chi connectivity index (χ4v) is 2.59. The van der Waals surface area contributed by atoms with E-state index in [1.54, 1.807) is 0 Å². The largest absolute Gasteiger partial charge is 0.469 e. The average molecular weight is 290 g/mol. The number of esters is 1. The van der Waals surface area contributed by atoms with Gasteiger partial charge in [0.25, 0.3) is 0 Å². The van der Waals surface area contributed by atoms with Crippen LogP contribution < -0.4 is 0 Å². The van der Waals surface area contributed by atoms with Crippen molar-refractivity contribution >= 4 is 11.8 Å². The molecule has 114 valence electrons. The quantitative estimate of drug-likeness (QED) is 0.756. The van der Waals surface area contributed by atoms with Crippen LogP contribution >= 0.6 is 0 Å². The van der Waals surface area contributed by atoms with E-state index in [-0.39, 0.29) is 30.2 Å².